The molecule has 1 N–H and O–H groups in total. The van der Waals surface area contributed by atoms with Crippen LogP contribution in [0.2, 0.25) is 0 Å². The fraction of sp³-hybridized carbons (Fsp3) is 0.733. The predicted octanol–water partition coefficient (Wildman–Crippen LogP) is 3.08. The molecule has 3 heteroatoms. The topological polar surface area (TPSA) is 21.3 Å². The third-order valence-corrected chi connectivity index (χ3v) is 5.58. The van der Waals surface area contributed by atoms with Crippen molar-refractivity contribution in [1.29, 1.82) is 0 Å². The van der Waals surface area contributed by atoms with Crippen molar-refractivity contribution in [2.24, 2.45) is 11.3 Å². The minimum atomic E-state index is 0.306. The summed E-state index contributed by atoms with van der Waals surface area (Å²) in [6, 6.07) is 5.01. The van der Waals surface area contributed by atoms with Crippen LogP contribution < -0.4 is 5.32 Å². The Bertz CT molecular complexity index is 387. The van der Waals surface area contributed by atoms with Gasteiger partial charge in [0.05, 0.1) is 6.10 Å². The Labute approximate surface area is 114 Å². The quantitative estimate of drug-likeness (QED) is 0.903. The third kappa shape index (κ3) is 2.13. The zero-order valence-corrected chi connectivity index (χ0v) is 12.1. The summed E-state index contributed by atoms with van der Waals surface area (Å²) in [5.41, 5.74) is 0.306. The predicted molar refractivity (Wildman–Crippen MR) is 76.1 cm³/mol. The first-order valence-corrected chi connectivity index (χ1v) is 7.95. The SMILES string of the molecule is CC1(C)C(NCCc2cccs2)C2CCCOC21. The summed E-state index contributed by atoms with van der Waals surface area (Å²) in [6.07, 6.45) is 4.22. The van der Waals surface area contributed by atoms with E-state index < -0.39 is 0 Å². The number of nitrogens with one attached hydrogen (secondary N) is 1. The van der Waals surface area contributed by atoms with Gasteiger partial charge in [-0.25, -0.2) is 0 Å². The van der Waals surface area contributed by atoms with Crippen LogP contribution in [-0.4, -0.2) is 25.3 Å². The Kier molecular flexibility index (Phi) is 3.48. The molecule has 2 fully saturated rings. The van der Waals surface area contributed by atoms with Crippen molar-refractivity contribution in [3.63, 3.8) is 0 Å². The molecule has 3 atom stereocenters. The molecule has 2 aliphatic rings. The standard InChI is InChI=1S/C15H23NOS/c1-15(2)13(12-6-3-9-17-14(12)15)16-8-7-11-5-4-10-18-11/h4-5,10,12-14,16H,3,6-9H2,1-2H3. The highest BCUT2D eigenvalue weighted by atomic mass is 32.1. The van der Waals surface area contributed by atoms with Crippen molar-refractivity contribution >= 4 is 11.3 Å². The van der Waals surface area contributed by atoms with Crippen LogP contribution in [0.1, 0.15) is 31.6 Å². The monoisotopic (exact) mass is 265 g/mol. The smallest absolute Gasteiger partial charge is 0.0684 e. The summed E-state index contributed by atoms with van der Waals surface area (Å²) in [7, 11) is 0. The first-order chi connectivity index (χ1) is 8.69. The van der Waals surface area contributed by atoms with Crippen molar-refractivity contribution in [2.75, 3.05) is 13.2 Å². The molecule has 2 heterocycles. The molecular weight excluding hydrogens is 242 g/mol. The number of thiophene rings is 1. The molecule has 2 nitrogen and oxygen atoms in total. The highest BCUT2D eigenvalue weighted by Crippen LogP contribution is 2.51. The van der Waals surface area contributed by atoms with Gasteiger partial charge in [0.1, 0.15) is 0 Å². The van der Waals surface area contributed by atoms with Gasteiger partial charge in [0.15, 0.2) is 0 Å². The fourth-order valence-corrected chi connectivity index (χ4v) is 4.45. The summed E-state index contributed by atoms with van der Waals surface area (Å²) in [5.74, 6) is 0.747. The normalized spacial score (nSPS) is 33.8. The Morgan fingerprint density at radius 2 is 2.39 bits per heavy atom. The van der Waals surface area contributed by atoms with Gasteiger partial charge in [-0.1, -0.05) is 19.9 Å². The van der Waals surface area contributed by atoms with E-state index >= 15 is 0 Å². The Morgan fingerprint density at radius 3 is 3.17 bits per heavy atom. The van der Waals surface area contributed by atoms with Gasteiger partial charge in [-0.15, -0.1) is 11.3 Å². The maximum atomic E-state index is 5.94. The van der Waals surface area contributed by atoms with E-state index in [2.05, 4.69) is 36.7 Å². The lowest BCUT2D eigenvalue weighted by atomic mass is 9.55. The molecule has 1 aromatic heterocycles. The molecule has 1 saturated heterocycles. The van der Waals surface area contributed by atoms with Crippen molar-refractivity contribution in [1.82, 2.24) is 5.32 Å². The van der Waals surface area contributed by atoms with E-state index in [1.165, 1.54) is 17.7 Å². The van der Waals surface area contributed by atoms with E-state index in [1.54, 1.807) is 0 Å². The van der Waals surface area contributed by atoms with Crippen LogP contribution in [0.5, 0.6) is 0 Å². The van der Waals surface area contributed by atoms with Crippen molar-refractivity contribution in [3.8, 4) is 0 Å². The molecule has 0 bridgehead atoms. The Hall–Kier alpha value is -0.380. The second-order valence-corrected chi connectivity index (χ2v) is 7.21. The second kappa shape index (κ2) is 4.95. The average molecular weight is 265 g/mol. The van der Waals surface area contributed by atoms with Gasteiger partial charge >= 0.3 is 0 Å². The Morgan fingerprint density at radius 1 is 1.50 bits per heavy atom. The lowest BCUT2D eigenvalue weighted by Crippen LogP contribution is -2.69. The number of hydrogen-bond acceptors (Lipinski definition) is 3. The van der Waals surface area contributed by atoms with E-state index in [0.717, 1.165) is 25.5 Å². The highest BCUT2D eigenvalue weighted by Gasteiger charge is 2.57. The number of rotatable bonds is 4. The van der Waals surface area contributed by atoms with Gasteiger partial charge in [-0.2, -0.15) is 0 Å². The highest BCUT2D eigenvalue weighted by molar-refractivity contribution is 7.09. The van der Waals surface area contributed by atoms with Crippen LogP contribution >= 0.6 is 11.3 Å². The van der Waals surface area contributed by atoms with Crippen molar-refractivity contribution < 1.29 is 4.74 Å². The first kappa shape index (κ1) is 12.6. The van der Waals surface area contributed by atoms with Crippen LogP contribution in [-0.2, 0) is 11.2 Å². The average Bonchev–Trinajstić information content (AvgIpc) is 2.87. The molecule has 3 rings (SSSR count). The molecule has 0 amide bonds. The largest absolute Gasteiger partial charge is 0.377 e. The lowest BCUT2D eigenvalue weighted by Gasteiger charge is -2.60. The molecule has 0 aromatic carbocycles. The zero-order valence-electron chi connectivity index (χ0n) is 11.3. The molecule has 18 heavy (non-hydrogen) atoms. The summed E-state index contributed by atoms with van der Waals surface area (Å²) in [6.45, 7) is 6.76. The van der Waals surface area contributed by atoms with Gasteiger partial charge < -0.3 is 10.1 Å². The Balaban J connectivity index is 1.53. The maximum absolute atomic E-state index is 5.94. The molecule has 1 aliphatic heterocycles. The molecule has 0 radical (unpaired) electrons. The van der Waals surface area contributed by atoms with Crippen LogP contribution in [0.15, 0.2) is 17.5 Å². The summed E-state index contributed by atoms with van der Waals surface area (Å²) >= 11 is 1.86. The summed E-state index contributed by atoms with van der Waals surface area (Å²) in [4.78, 5) is 1.48. The van der Waals surface area contributed by atoms with Crippen LogP contribution in [0.25, 0.3) is 0 Å². The van der Waals surface area contributed by atoms with Gasteiger partial charge in [0, 0.05) is 35.4 Å². The van der Waals surface area contributed by atoms with Crippen molar-refractivity contribution in [3.05, 3.63) is 22.4 Å². The molecule has 1 saturated carbocycles. The van der Waals surface area contributed by atoms with E-state index in [1.807, 2.05) is 11.3 Å². The molecule has 1 aromatic rings. The lowest BCUT2D eigenvalue weighted by molar-refractivity contribution is -0.192. The molecule has 1 aliphatic carbocycles. The minimum absolute atomic E-state index is 0.306. The minimum Gasteiger partial charge on any atom is -0.377 e. The summed E-state index contributed by atoms with van der Waals surface area (Å²) in [5, 5.41) is 5.93. The van der Waals surface area contributed by atoms with Gasteiger partial charge in [0.2, 0.25) is 0 Å². The molecule has 3 unspecified atom stereocenters. The zero-order chi connectivity index (χ0) is 12.6. The molecular formula is C15H23NOS. The van der Waals surface area contributed by atoms with Crippen LogP contribution in [0.3, 0.4) is 0 Å². The second-order valence-electron chi connectivity index (χ2n) is 6.18. The van der Waals surface area contributed by atoms with E-state index in [-0.39, 0.29) is 0 Å². The number of ether oxygens (including phenoxy) is 1. The van der Waals surface area contributed by atoms with Gasteiger partial charge in [-0.3, -0.25) is 0 Å². The van der Waals surface area contributed by atoms with Gasteiger partial charge in [-0.05, 0) is 30.7 Å². The van der Waals surface area contributed by atoms with E-state index in [4.69, 9.17) is 4.74 Å². The van der Waals surface area contributed by atoms with Crippen molar-refractivity contribution in [2.45, 2.75) is 45.3 Å². The first-order valence-electron chi connectivity index (χ1n) is 7.07. The summed E-state index contributed by atoms with van der Waals surface area (Å²) < 4.78 is 5.94. The number of fused-ring (bicyclic) bond motifs is 1. The van der Waals surface area contributed by atoms with Crippen LogP contribution in [0.4, 0.5) is 0 Å². The van der Waals surface area contributed by atoms with E-state index in [0.29, 0.717) is 17.6 Å². The number of hydrogen-bond donors (Lipinski definition) is 1. The fourth-order valence-electron chi connectivity index (χ4n) is 3.74. The van der Waals surface area contributed by atoms with Gasteiger partial charge in [0.25, 0.3) is 0 Å². The third-order valence-electron chi connectivity index (χ3n) is 4.65. The molecule has 100 valence electrons. The molecule has 0 spiro atoms. The van der Waals surface area contributed by atoms with E-state index in [9.17, 15) is 0 Å². The maximum Gasteiger partial charge on any atom is 0.0684 e. The van der Waals surface area contributed by atoms with Crippen LogP contribution in [0, 0.1) is 11.3 Å².